The minimum atomic E-state index is -4.77. The minimum Gasteiger partial charge on any atom is -0.406 e. The molecule has 1 aromatic heterocycles. The van der Waals surface area contributed by atoms with E-state index in [0.717, 1.165) is 13.0 Å². The van der Waals surface area contributed by atoms with E-state index in [1.807, 2.05) is 4.90 Å². The lowest BCUT2D eigenvalue weighted by Gasteiger charge is -2.28. The van der Waals surface area contributed by atoms with Gasteiger partial charge in [-0.3, -0.25) is 9.69 Å². The standard InChI is InChI=1S/C22H27F3N4O2/c1-14-6-5-10-28(14)18-9-11-27(13-18)21(30)20-15(2)26-29(16(20)3)17-7-4-8-19(12-17)31-22(23,24)25/h4,7-8,12,14,18H,5-6,9-11,13H2,1-3H3. The maximum Gasteiger partial charge on any atom is 0.573 e. The van der Waals surface area contributed by atoms with Crippen LogP contribution < -0.4 is 4.74 Å². The van der Waals surface area contributed by atoms with Gasteiger partial charge in [-0.15, -0.1) is 13.2 Å². The van der Waals surface area contributed by atoms with Crippen LogP contribution in [0.15, 0.2) is 24.3 Å². The number of benzene rings is 1. The molecule has 1 aromatic carbocycles. The van der Waals surface area contributed by atoms with Gasteiger partial charge >= 0.3 is 6.36 Å². The Morgan fingerprint density at radius 2 is 1.97 bits per heavy atom. The third-order valence-corrected chi connectivity index (χ3v) is 6.32. The molecule has 2 atom stereocenters. The van der Waals surface area contributed by atoms with Gasteiger partial charge < -0.3 is 9.64 Å². The molecule has 2 aromatic rings. The molecule has 2 aliphatic rings. The topological polar surface area (TPSA) is 50.6 Å². The van der Waals surface area contributed by atoms with Crippen LogP contribution in [0, 0.1) is 13.8 Å². The summed E-state index contributed by atoms with van der Waals surface area (Å²) in [4.78, 5) is 17.7. The van der Waals surface area contributed by atoms with Crippen LogP contribution >= 0.6 is 0 Å². The van der Waals surface area contributed by atoms with Gasteiger partial charge in [0.25, 0.3) is 5.91 Å². The van der Waals surface area contributed by atoms with E-state index in [1.54, 1.807) is 19.9 Å². The van der Waals surface area contributed by atoms with Crippen LogP contribution in [-0.4, -0.2) is 63.6 Å². The Kier molecular flexibility index (Phi) is 5.72. The number of carbonyl (C=O) groups excluding carboxylic acids is 1. The number of aryl methyl sites for hydroxylation is 1. The zero-order chi connectivity index (χ0) is 22.3. The van der Waals surface area contributed by atoms with Crippen LogP contribution in [0.2, 0.25) is 0 Å². The van der Waals surface area contributed by atoms with Crippen molar-refractivity contribution < 1.29 is 22.7 Å². The number of hydrogen-bond donors (Lipinski definition) is 0. The highest BCUT2D eigenvalue weighted by molar-refractivity contribution is 5.96. The van der Waals surface area contributed by atoms with Gasteiger partial charge in [0.05, 0.1) is 22.6 Å². The van der Waals surface area contributed by atoms with Crippen molar-refractivity contribution in [3.8, 4) is 11.4 Å². The first-order valence-electron chi connectivity index (χ1n) is 10.6. The molecule has 2 fully saturated rings. The Morgan fingerprint density at radius 1 is 1.19 bits per heavy atom. The molecule has 168 valence electrons. The molecule has 0 N–H and O–H groups in total. The Hall–Kier alpha value is -2.55. The summed E-state index contributed by atoms with van der Waals surface area (Å²) >= 11 is 0. The zero-order valence-electron chi connectivity index (χ0n) is 17.9. The summed E-state index contributed by atoms with van der Waals surface area (Å²) < 4.78 is 43.2. The van der Waals surface area contributed by atoms with Gasteiger partial charge in [-0.25, -0.2) is 4.68 Å². The number of carbonyl (C=O) groups is 1. The molecule has 2 saturated heterocycles. The largest absolute Gasteiger partial charge is 0.573 e. The Labute approximate surface area is 179 Å². The van der Waals surface area contributed by atoms with Gasteiger partial charge in [0.1, 0.15) is 5.75 Å². The van der Waals surface area contributed by atoms with E-state index in [9.17, 15) is 18.0 Å². The molecule has 2 aliphatic heterocycles. The van der Waals surface area contributed by atoms with Crippen LogP contribution in [0.3, 0.4) is 0 Å². The highest BCUT2D eigenvalue weighted by Gasteiger charge is 2.36. The van der Waals surface area contributed by atoms with Crippen LogP contribution in [0.1, 0.15) is 47.9 Å². The predicted octanol–water partition coefficient (Wildman–Crippen LogP) is 4.09. The fraction of sp³-hybridized carbons (Fsp3) is 0.545. The van der Waals surface area contributed by atoms with E-state index >= 15 is 0 Å². The Balaban J connectivity index is 1.55. The smallest absolute Gasteiger partial charge is 0.406 e. The van der Waals surface area contributed by atoms with Crippen LogP contribution in [-0.2, 0) is 0 Å². The van der Waals surface area contributed by atoms with Crippen molar-refractivity contribution >= 4 is 5.91 Å². The van der Waals surface area contributed by atoms with Crippen molar-refractivity contribution in [2.24, 2.45) is 0 Å². The lowest BCUT2D eigenvalue weighted by atomic mass is 10.1. The second-order valence-corrected chi connectivity index (χ2v) is 8.43. The summed E-state index contributed by atoms with van der Waals surface area (Å²) in [6, 6.07) is 6.54. The molecular weight excluding hydrogens is 409 g/mol. The first-order valence-corrected chi connectivity index (χ1v) is 10.6. The highest BCUT2D eigenvalue weighted by Crippen LogP contribution is 2.29. The summed E-state index contributed by atoms with van der Waals surface area (Å²) in [5, 5.41) is 4.44. The number of hydrogen-bond acceptors (Lipinski definition) is 4. The molecule has 2 unspecified atom stereocenters. The van der Waals surface area contributed by atoms with Gasteiger partial charge in [-0.2, -0.15) is 5.10 Å². The molecule has 0 radical (unpaired) electrons. The van der Waals surface area contributed by atoms with E-state index in [4.69, 9.17) is 0 Å². The van der Waals surface area contributed by atoms with E-state index < -0.39 is 6.36 Å². The van der Waals surface area contributed by atoms with Crippen molar-refractivity contribution in [3.63, 3.8) is 0 Å². The van der Waals surface area contributed by atoms with E-state index in [-0.39, 0.29) is 11.7 Å². The normalized spacial score (nSPS) is 22.3. The molecule has 1 amide bonds. The number of alkyl halides is 3. The molecule has 0 aliphatic carbocycles. The number of rotatable bonds is 4. The predicted molar refractivity (Wildman–Crippen MR) is 109 cm³/mol. The number of halogens is 3. The summed E-state index contributed by atoms with van der Waals surface area (Å²) in [5.41, 5.74) is 2.08. The molecule has 0 spiro atoms. The second kappa shape index (κ2) is 8.18. The summed E-state index contributed by atoms with van der Waals surface area (Å²) in [6.45, 7) is 8.24. The number of likely N-dealkylation sites (tertiary alicyclic amines) is 2. The number of amides is 1. The van der Waals surface area contributed by atoms with Crippen LogP contribution in [0.25, 0.3) is 5.69 Å². The third kappa shape index (κ3) is 4.42. The second-order valence-electron chi connectivity index (χ2n) is 8.43. The van der Waals surface area contributed by atoms with Crippen LogP contribution in [0.4, 0.5) is 13.2 Å². The molecule has 4 rings (SSSR count). The fourth-order valence-electron chi connectivity index (χ4n) is 4.87. The number of ether oxygens (including phenoxy) is 1. The summed E-state index contributed by atoms with van der Waals surface area (Å²) in [7, 11) is 0. The van der Waals surface area contributed by atoms with Crippen molar-refractivity contribution in [3.05, 3.63) is 41.2 Å². The summed E-state index contributed by atoms with van der Waals surface area (Å²) in [6.07, 6.45) is -1.41. The van der Waals surface area contributed by atoms with Gasteiger partial charge in [0.2, 0.25) is 0 Å². The average molecular weight is 436 g/mol. The van der Waals surface area contributed by atoms with Crippen LogP contribution in [0.5, 0.6) is 5.75 Å². The van der Waals surface area contributed by atoms with Gasteiger partial charge in [-0.05, 0) is 58.7 Å². The maximum atomic E-state index is 13.3. The first-order chi connectivity index (χ1) is 14.6. The van der Waals surface area contributed by atoms with Crippen molar-refractivity contribution in [1.29, 1.82) is 0 Å². The SMILES string of the molecule is Cc1nn(-c2cccc(OC(F)(F)F)c2)c(C)c1C(=O)N1CCC(N2CCCC2C)C1. The lowest BCUT2D eigenvalue weighted by Crippen LogP contribution is -2.40. The van der Waals surface area contributed by atoms with Gasteiger partial charge in [-0.1, -0.05) is 6.07 Å². The van der Waals surface area contributed by atoms with Crippen molar-refractivity contribution in [2.45, 2.75) is 58.5 Å². The molecule has 6 nitrogen and oxygen atoms in total. The average Bonchev–Trinajstić information content (AvgIpc) is 3.39. The van der Waals surface area contributed by atoms with Gasteiger partial charge in [0, 0.05) is 31.2 Å². The van der Waals surface area contributed by atoms with E-state index in [1.165, 1.54) is 35.7 Å². The zero-order valence-corrected chi connectivity index (χ0v) is 17.9. The monoisotopic (exact) mass is 436 g/mol. The Bertz CT molecular complexity index is 972. The van der Waals surface area contributed by atoms with Crippen molar-refractivity contribution in [1.82, 2.24) is 19.6 Å². The molecule has 31 heavy (non-hydrogen) atoms. The lowest BCUT2D eigenvalue weighted by molar-refractivity contribution is -0.274. The van der Waals surface area contributed by atoms with Gasteiger partial charge in [0.15, 0.2) is 0 Å². The molecule has 0 saturated carbocycles. The van der Waals surface area contributed by atoms with E-state index in [2.05, 4.69) is 21.7 Å². The highest BCUT2D eigenvalue weighted by atomic mass is 19.4. The molecule has 3 heterocycles. The minimum absolute atomic E-state index is 0.0710. The summed E-state index contributed by atoms with van der Waals surface area (Å²) in [5.74, 6) is -0.397. The first kappa shape index (κ1) is 21.7. The fourth-order valence-corrected chi connectivity index (χ4v) is 4.87. The molecule has 9 heteroatoms. The van der Waals surface area contributed by atoms with E-state index in [0.29, 0.717) is 47.8 Å². The third-order valence-electron chi connectivity index (χ3n) is 6.32. The van der Waals surface area contributed by atoms with Crippen molar-refractivity contribution in [2.75, 3.05) is 19.6 Å². The quantitative estimate of drug-likeness (QED) is 0.725. The molecular formula is C22H27F3N4O2. The maximum absolute atomic E-state index is 13.3. The number of nitrogens with zero attached hydrogens (tertiary/aromatic N) is 4. The molecule has 0 bridgehead atoms. The Morgan fingerprint density at radius 3 is 2.65 bits per heavy atom. The number of aromatic nitrogens is 2.